The van der Waals surface area contributed by atoms with E-state index in [0.717, 1.165) is 6.42 Å². The molecule has 3 atom stereocenters. The lowest BCUT2D eigenvalue weighted by atomic mass is 10.2. The Morgan fingerprint density at radius 1 is 1.47 bits per heavy atom. The molecule has 3 unspecified atom stereocenters. The molecule has 17 heavy (non-hydrogen) atoms. The zero-order valence-corrected chi connectivity index (χ0v) is 11.4. The van der Waals surface area contributed by atoms with E-state index >= 15 is 0 Å². The van der Waals surface area contributed by atoms with Gasteiger partial charge in [-0.3, -0.25) is 0 Å². The fraction of sp³-hybridized carbons (Fsp3) is 0.923. The van der Waals surface area contributed by atoms with Gasteiger partial charge in [0.25, 0.3) is 0 Å². The highest BCUT2D eigenvalue weighted by Gasteiger charge is 2.38. The van der Waals surface area contributed by atoms with Crippen molar-refractivity contribution < 1.29 is 9.90 Å². The number of hydrogen-bond donors (Lipinski definition) is 2. The van der Waals surface area contributed by atoms with Gasteiger partial charge in [0.2, 0.25) is 0 Å². The molecule has 100 valence electrons. The van der Waals surface area contributed by atoms with Gasteiger partial charge in [0, 0.05) is 18.6 Å². The average molecular weight is 242 g/mol. The van der Waals surface area contributed by atoms with Gasteiger partial charge in [-0.15, -0.1) is 0 Å². The summed E-state index contributed by atoms with van der Waals surface area (Å²) in [6, 6.07) is 0.440. The predicted octanol–water partition coefficient (Wildman–Crippen LogP) is 1.98. The van der Waals surface area contributed by atoms with Crippen LogP contribution in [-0.4, -0.2) is 40.8 Å². The molecule has 1 fully saturated rings. The molecule has 1 rings (SSSR count). The smallest absolute Gasteiger partial charge is 0.317 e. The van der Waals surface area contributed by atoms with Gasteiger partial charge >= 0.3 is 6.03 Å². The van der Waals surface area contributed by atoms with Gasteiger partial charge in [-0.1, -0.05) is 13.3 Å². The Labute approximate surface area is 104 Å². The van der Waals surface area contributed by atoms with Crippen LogP contribution in [0, 0.1) is 5.92 Å². The van der Waals surface area contributed by atoms with Crippen LogP contribution in [0.5, 0.6) is 0 Å². The van der Waals surface area contributed by atoms with Crippen LogP contribution in [0.2, 0.25) is 0 Å². The van der Waals surface area contributed by atoms with Crippen LogP contribution in [0.25, 0.3) is 0 Å². The molecule has 2 N–H and O–H groups in total. The van der Waals surface area contributed by atoms with Gasteiger partial charge in [-0.2, -0.15) is 0 Å². The first kappa shape index (κ1) is 14.3. The summed E-state index contributed by atoms with van der Waals surface area (Å²) in [5, 5.41) is 12.4. The Balaban J connectivity index is 2.38. The van der Waals surface area contributed by atoms with E-state index in [-0.39, 0.29) is 12.1 Å². The summed E-state index contributed by atoms with van der Waals surface area (Å²) < 4.78 is 0. The number of hydrogen-bond acceptors (Lipinski definition) is 2. The number of urea groups is 1. The van der Waals surface area contributed by atoms with Crippen molar-refractivity contribution in [3.63, 3.8) is 0 Å². The Morgan fingerprint density at radius 3 is 2.59 bits per heavy atom. The lowest BCUT2D eigenvalue weighted by Gasteiger charge is -2.28. The van der Waals surface area contributed by atoms with Gasteiger partial charge in [-0.05, 0) is 39.5 Å². The lowest BCUT2D eigenvalue weighted by Crippen LogP contribution is -2.47. The summed E-state index contributed by atoms with van der Waals surface area (Å²) in [4.78, 5) is 13.7. The quantitative estimate of drug-likeness (QED) is 0.748. The number of nitrogens with one attached hydrogen (secondary N) is 1. The van der Waals surface area contributed by atoms with Crippen LogP contribution >= 0.6 is 0 Å². The molecular weight excluding hydrogens is 216 g/mol. The maximum atomic E-state index is 12.0. The van der Waals surface area contributed by atoms with Crippen molar-refractivity contribution in [2.75, 3.05) is 6.54 Å². The van der Waals surface area contributed by atoms with Crippen LogP contribution in [0.3, 0.4) is 0 Å². The number of rotatable bonds is 6. The van der Waals surface area contributed by atoms with Gasteiger partial charge in [0.15, 0.2) is 0 Å². The highest BCUT2D eigenvalue weighted by atomic mass is 16.3. The highest BCUT2D eigenvalue weighted by molar-refractivity contribution is 5.75. The van der Waals surface area contributed by atoms with Crippen molar-refractivity contribution in [3.05, 3.63) is 0 Å². The van der Waals surface area contributed by atoms with Gasteiger partial charge in [0.05, 0.1) is 6.10 Å². The van der Waals surface area contributed by atoms with E-state index in [1.165, 1.54) is 12.8 Å². The second-order valence-electron chi connectivity index (χ2n) is 5.44. The van der Waals surface area contributed by atoms with E-state index in [0.29, 0.717) is 18.5 Å². The fourth-order valence-corrected chi connectivity index (χ4v) is 2.17. The molecule has 2 amide bonds. The van der Waals surface area contributed by atoms with Crippen LogP contribution in [0.1, 0.15) is 47.0 Å². The molecule has 0 aromatic carbocycles. The number of carbonyl (C=O) groups excluding carboxylic acids is 1. The minimum absolute atomic E-state index is 0.0375. The number of carbonyl (C=O) groups is 1. The first-order chi connectivity index (χ1) is 7.95. The SMILES string of the molecule is CCCC1CC1NC(=O)N(CC(C)O)C(C)C. The van der Waals surface area contributed by atoms with Crippen LogP contribution in [-0.2, 0) is 0 Å². The second kappa shape index (κ2) is 6.24. The lowest BCUT2D eigenvalue weighted by molar-refractivity contribution is 0.118. The molecule has 0 aromatic heterocycles. The zero-order chi connectivity index (χ0) is 13.0. The predicted molar refractivity (Wildman–Crippen MR) is 68.9 cm³/mol. The summed E-state index contributed by atoms with van der Waals surface area (Å²) in [6.45, 7) is 8.22. The Kier molecular flexibility index (Phi) is 5.25. The molecule has 1 saturated carbocycles. The number of aliphatic hydroxyl groups is 1. The summed E-state index contributed by atoms with van der Waals surface area (Å²) >= 11 is 0. The fourth-order valence-electron chi connectivity index (χ4n) is 2.17. The third-order valence-electron chi connectivity index (χ3n) is 3.24. The van der Waals surface area contributed by atoms with Crippen molar-refractivity contribution in [2.24, 2.45) is 5.92 Å². The summed E-state index contributed by atoms with van der Waals surface area (Å²) in [5.74, 6) is 0.671. The van der Waals surface area contributed by atoms with Crippen molar-refractivity contribution >= 4 is 6.03 Å². The average Bonchev–Trinajstić information content (AvgIpc) is 2.92. The molecule has 0 radical (unpaired) electrons. The monoisotopic (exact) mass is 242 g/mol. The normalized spacial score (nSPS) is 24.6. The van der Waals surface area contributed by atoms with E-state index in [2.05, 4.69) is 12.2 Å². The molecule has 4 nitrogen and oxygen atoms in total. The van der Waals surface area contributed by atoms with Crippen molar-refractivity contribution in [1.29, 1.82) is 0 Å². The van der Waals surface area contributed by atoms with Gasteiger partial charge < -0.3 is 15.3 Å². The minimum Gasteiger partial charge on any atom is -0.392 e. The van der Waals surface area contributed by atoms with Crippen LogP contribution in [0.15, 0.2) is 0 Å². The van der Waals surface area contributed by atoms with Crippen LogP contribution < -0.4 is 5.32 Å². The maximum absolute atomic E-state index is 12.0. The van der Waals surface area contributed by atoms with E-state index in [1.807, 2.05) is 13.8 Å². The molecule has 0 aliphatic heterocycles. The molecule has 0 bridgehead atoms. The van der Waals surface area contributed by atoms with Crippen molar-refractivity contribution in [3.8, 4) is 0 Å². The molecular formula is C13H26N2O2. The standard InChI is InChI=1S/C13H26N2O2/c1-5-6-11-7-12(11)14-13(17)15(9(2)3)8-10(4)16/h9-12,16H,5-8H2,1-4H3,(H,14,17). The summed E-state index contributed by atoms with van der Waals surface area (Å²) in [6.07, 6.45) is 3.01. The van der Waals surface area contributed by atoms with E-state index in [9.17, 15) is 9.90 Å². The number of nitrogens with zero attached hydrogens (tertiary/aromatic N) is 1. The molecule has 0 heterocycles. The van der Waals surface area contributed by atoms with E-state index in [1.54, 1.807) is 11.8 Å². The third-order valence-corrected chi connectivity index (χ3v) is 3.24. The van der Waals surface area contributed by atoms with Crippen LogP contribution in [0.4, 0.5) is 4.79 Å². The molecule has 1 aliphatic carbocycles. The largest absolute Gasteiger partial charge is 0.392 e. The Hall–Kier alpha value is -0.770. The molecule has 0 aromatic rings. The van der Waals surface area contributed by atoms with Crippen molar-refractivity contribution in [1.82, 2.24) is 10.2 Å². The summed E-state index contributed by atoms with van der Waals surface area (Å²) in [7, 11) is 0. The maximum Gasteiger partial charge on any atom is 0.317 e. The molecule has 0 saturated heterocycles. The van der Waals surface area contributed by atoms with Gasteiger partial charge in [0.1, 0.15) is 0 Å². The molecule has 4 heteroatoms. The van der Waals surface area contributed by atoms with Gasteiger partial charge in [-0.25, -0.2) is 4.79 Å². The Morgan fingerprint density at radius 2 is 2.12 bits per heavy atom. The molecule has 0 spiro atoms. The van der Waals surface area contributed by atoms with E-state index < -0.39 is 6.10 Å². The number of amides is 2. The first-order valence-electron chi connectivity index (χ1n) is 6.70. The zero-order valence-electron chi connectivity index (χ0n) is 11.4. The number of aliphatic hydroxyl groups excluding tert-OH is 1. The Bertz CT molecular complexity index is 254. The second-order valence-corrected chi connectivity index (χ2v) is 5.44. The third kappa shape index (κ3) is 4.54. The van der Waals surface area contributed by atoms with Crippen molar-refractivity contribution in [2.45, 2.75) is 65.1 Å². The first-order valence-corrected chi connectivity index (χ1v) is 6.70. The summed E-state index contributed by atoms with van der Waals surface area (Å²) in [5.41, 5.74) is 0. The highest BCUT2D eigenvalue weighted by Crippen LogP contribution is 2.34. The minimum atomic E-state index is -0.478. The van der Waals surface area contributed by atoms with E-state index in [4.69, 9.17) is 0 Å². The molecule has 1 aliphatic rings. The topological polar surface area (TPSA) is 52.6 Å².